The molecule has 0 aromatic rings. The molecule has 0 heterocycles. The predicted molar refractivity (Wildman–Crippen MR) is 79.0 cm³/mol. The van der Waals surface area contributed by atoms with Gasteiger partial charge in [0, 0.05) is 18.8 Å². The average Bonchev–Trinajstić information content (AvgIpc) is 2.72. The van der Waals surface area contributed by atoms with E-state index in [4.69, 9.17) is 0 Å². The zero-order chi connectivity index (χ0) is 14.1. The van der Waals surface area contributed by atoms with Crippen LogP contribution in [0.2, 0.25) is 0 Å². The molecule has 0 saturated heterocycles. The van der Waals surface area contributed by atoms with Gasteiger partial charge in [-0.2, -0.15) is 0 Å². The minimum Gasteiger partial charge on any atom is -0.300 e. The van der Waals surface area contributed by atoms with Crippen LogP contribution in [0, 0.1) is 11.8 Å². The Morgan fingerprint density at radius 3 is 2.79 bits per heavy atom. The average molecular weight is 264 g/mol. The van der Waals surface area contributed by atoms with Crippen molar-refractivity contribution in [3.8, 4) is 0 Å². The number of hydrogen-bond acceptors (Lipinski definition) is 2. The molecule has 1 aliphatic rings. The SMILES string of the molecule is CCCCC1CCC(=O)[C@@H]1C/C=C\CCCC(C)=O. The molecule has 0 aliphatic heterocycles. The van der Waals surface area contributed by atoms with Crippen molar-refractivity contribution in [3.63, 3.8) is 0 Å². The summed E-state index contributed by atoms with van der Waals surface area (Å²) < 4.78 is 0. The summed E-state index contributed by atoms with van der Waals surface area (Å²) in [7, 11) is 0. The molecule has 19 heavy (non-hydrogen) atoms. The topological polar surface area (TPSA) is 34.1 Å². The van der Waals surface area contributed by atoms with Crippen molar-refractivity contribution >= 4 is 11.6 Å². The molecule has 0 amide bonds. The number of hydrogen-bond donors (Lipinski definition) is 0. The lowest BCUT2D eigenvalue weighted by atomic mass is 9.88. The molecule has 1 fully saturated rings. The molecule has 0 radical (unpaired) electrons. The van der Waals surface area contributed by atoms with Gasteiger partial charge in [-0.25, -0.2) is 0 Å². The monoisotopic (exact) mass is 264 g/mol. The fourth-order valence-electron chi connectivity index (χ4n) is 2.94. The summed E-state index contributed by atoms with van der Waals surface area (Å²) in [5.74, 6) is 1.62. The fourth-order valence-corrected chi connectivity index (χ4v) is 2.94. The summed E-state index contributed by atoms with van der Waals surface area (Å²) in [5.41, 5.74) is 0. The van der Waals surface area contributed by atoms with Crippen LogP contribution in [0.3, 0.4) is 0 Å². The van der Waals surface area contributed by atoms with Gasteiger partial charge in [0.2, 0.25) is 0 Å². The molecule has 1 rings (SSSR count). The molecule has 1 saturated carbocycles. The van der Waals surface area contributed by atoms with Crippen LogP contribution >= 0.6 is 0 Å². The molecule has 1 unspecified atom stereocenters. The standard InChI is InChI=1S/C17H28O2/c1-3-4-10-15-12-13-17(19)16(15)11-8-6-5-7-9-14(2)18/h6,8,15-16H,3-5,7,9-13H2,1-2H3/b8-6-/t15?,16-/m1/s1. The third-order valence-electron chi connectivity index (χ3n) is 4.13. The summed E-state index contributed by atoms with van der Waals surface area (Å²) in [6.45, 7) is 3.85. The maximum Gasteiger partial charge on any atom is 0.136 e. The second kappa shape index (κ2) is 9.06. The Hall–Kier alpha value is -0.920. The van der Waals surface area contributed by atoms with Crippen LogP contribution in [0.1, 0.15) is 71.6 Å². The maximum absolute atomic E-state index is 11.9. The first-order valence-corrected chi connectivity index (χ1v) is 7.82. The zero-order valence-electron chi connectivity index (χ0n) is 12.5. The molecule has 0 spiro atoms. The lowest BCUT2D eigenvalue weighted by molar-refractivity contribution is -0.121. The van der Waals surface area contributed by atoms with Crippen molar-refractivity contribution in [1.29, 1.82) is 0 Å². The molecule has 2 heteroatoms. The Morgan fingerprint density at radius 2 is 2.11 bits per heavy atom. The Labute approximate surface area is 117 Å². The van der Waals surface area contributed by atoms with E-state index in [0.717, 1.165) is 32.1 Å². The molecule has 1 aliphatic carbocycles. The largest absolute Gasteiger partial charge is 0.300 e. The number of carbonyl (C=O) groups excluding carboxylic acids is 2. The van der Waals surface area contributed by atoms with Crippen molar-refractivity contribution in [1.82, 2.24) is 0 Å². The quantitative estimate of drug-likeness (QED) is 0.454. The van der Waals surface area contributed by atoms with E-state index < -0.39 is 0 Å². The lowest BCUT2D eigenvalue weighted by Crippen LogP contribution is -2.13. The Bertz CT molecular complexity index is 317. The highest BCUT2D eigenvalue weighted by Gasteiger charge is 2.32. The van der Waals surface area contributed by atoms with Crippen molar-refractivity contribution < 1.29 is 9.59 Å². The minimum atomic E-state index is 0.263. The first-order chi connectivity index (χ1) is 9.15. The van der Waals surface area contributed by atoms with Gasteiger partial charge in [0.05, 0.1) is 0 Å². The van der Waals surface area contributed by atoms with Gasteiger partial charge in [0.1, 0.15) is 11.6 Å². The highest BCUT2D eigenvalue weighted by molar-refractivity contribution is 5.83. The van der Waals surface area contributed by atoms with E-state index in [0.29, 0.717) is 18.1 Å². The second-order valence-electron chi connectivity index (χ2n) is 5.82. The van der Waals surface area contributed by atoms with Crippen LogP contribution in [0.25, 0.3) is 0 Å². The normalized spacial score (nSPS) is 23.4. The van der Waals surface area contributed by atoms with Gasteiger partial charge >= 0.3 is 0 Å². The van der Waals surface area contributed by atoms with E-state index in [1.807, 2.05) is 0 Å². The van der Waals surface area contributed by atoms with E-state index in [2.05, 4.69) is 19.1 Å². The third-order valence-corrected chi connectivity index (χ3v) is 4.13. The third kappa shape index (κ3) is 6.17. The van der Waals surface area contributed by atoms with Gasteiger partial charge < -0.3 is 4.79 Å². The number of unbranched alkanes of at least 4 members (excludes halogenated alkanes) is 2. The van der Waals surface area contributed by atoms with E-state index >= 15 is 0 Å². The number of ketones is 2. The van der Waals surface area contributed by atoms with E-state index in [1.165, 1.54) is 19.3 Å². The van der Waals surface area contributed by atoms with E-state index in [-0.39, 0.29) is 11.7 Å². The minimum absolute atomic E-state index is 0.263. The maximum atomic E-state index is 11.9. The Kier molecular flexibility index (Phi) is 7.69. The van der Waals surface area contributed by atoms with Crippen LogP contribution in [-0.4, -0.2) is 11.6 Å². The van der Waals surface area contributed by atoms with Gasteiger partial charge in [0.15, 0.2) is 0 Å². The fraction of sp³-hybridized carbons (Fsp3) is 0.765. The number of allylic oxidation sites excluding steroid dienone is 2. The summed E-state index contributed by atoms with van der Waals surface area (Å²) in [4.78, 5) is 22.7. The smallest absolute Gasteiger partial charge is 0.136 e. The van der Waals surface area contributed by atoms with Crippen molar-refractivity contribution in [2.24, 2.45) is 11.8 Å². The summed E-state index contributed by atoms with van der Waals surface area (Å²) in [5, 5.41) is 0. The van der Waals surface area contributed by atoms with Crippen molar-refractivity contribution in [2.75, 3.05) is 0 Å². The molecule has 2 nitrogen and oxygen atoms in total. The molecular weight excluding hydrogens is 236 g/mol. The summed E-state index contributed by atoms with van der Waals surface area (Å²) >= 11 is 0. The molecule has 0 aromatic heterocycles. The first-order valence-electron chi connectivity index (χ1n) is 7.82. The van der Waals surface area contributed by atoms with Crippen LogP contribution in [0.5, 0.6) is 0 Å². The number of carbonyl (C=O) groups is 2. The molecule has 2 atom stereocenters. The van der Waals surface area contributed by atoms with Crippen LogP contribution in [0.15, 0.2) is 12.2 Å². The van der Waals surface area contributed by atoms with E-state index in [1.54, 1.807) is 6.92 Å². The van der Waals surface area contributed by atoms with Gasteiger partial charge in [-0.05, 0) is 44.9 Å². The van der Waals surface area contributed by atoms with Gasteiger partial charge in [-0.15, -0.1) is 0 Å². The molecule has 0 aromatic carbocycles. The molecule has 108 valence electrons. The summed E-state index contributed by atoms with van der Waals surface area (Å²) in [6.07, 6.45) is 13.3. The first kappa shape index (κ1) is 16.1. The highest BCUT2D eigenvalue weighted by atomic mass is 16.1. The molecule has 0 bridgehead atoms. The second-order valence-corrected chi connectivity index (χ2v) is 5.82. The lowest BCUT2D eigenvalue weighted by Gasteiger charge is -2.16. The van der Waals surface area contributed by atoms with Crippen LogP contribution < -0.4 is 0 Å². The van der Waals surface area contributed by atoms with Crippen molar-refractivity contribution in [2.45, 2.75) is 71.6 Å². The van der Waals surface area contributed by atoms with E-state index in [9.17, 15) is 9.59 Å². The van der Waals surface area contributed by atoms with Crippen LogP contribution in [0.4, 0.5) is 0 Å². The summed E-state index contributed by atoms with van der Waals surface area (Å²) in [6, 6.07) is 0. The van der Waals surface area contributed by atoms with Gasteiger partial charge in [-0.3, -0.25) is 4.79 Å². The molecular formula is C17H28O2. The molecule has 0 N–H and O–H groups in total. The highest BCUT2D eigenvalue weighted by Crippen LogP contribution is 2.35. The Balaban J connectivity index is 2.26. The Morgan fingerprint density at radius 1 is 1.32 bits per heavy atom. The number of rotatable bonds is 9. The zero-order valence-corrected chi connectivity index (χ0v) is 12.5. The predicted octanol–water partition coefficient (Wildman–Crippen LogP) is 4.48. The number of Topliss-reactive ketones (excluding diaryl/α,β-unsaturated/α-hetero) is 2. The van der Waals surface area contributed by atoms with Crippen LogP contribution in [-0.2, 0) is 9.59 Å². The van der Waals surface area contributed by atoms with Gasteiger partial charge in [-0.1, -0.05) is 31.9 Å². The van der Waals surface area contributed by atoms with Gasteiger partial charge in [0.25, 0.3) is 0 Å². The van der Waals surface area contributed by atoms with Crippen molar-refractivity contribution in [3.05, 3.63) is 12.2 Å².